The molecule has 0 unspecified atom stereocenters. The highest BCUT2D eigenvalue weighted by atomic mass is 79.9. The van der Waals surface area contributed by atoms with Crippen molar-refractivity contribution in [2.24, 2.45) is 17.1 Å². The van der Waals surface area contributed by atoms with Crippen molar-refractivity contribution >= 4 is 55.8 Å². The minimum atomic E-state index is -0.433. The zero-order valence-corrected chi connectivity index (χ0v) is 24.3. The fraction of sp³-hybridized carbons (Fsp3) is 0.0690. The van der Waals surface area contributed by atoms with Crippen LogP contribution in [0.15, 0.2) is 104 Å². The number of non-ortho nitro benzene ring substituents is 1. The summed E-state index contributed by atoms with van der Waals surface area (Å²) in [4.78, 5) is 33.1. The fourth-order valence-corrected chi connectivity index (χ4v) is 5.79. The van der Waals surface area contributed by atoms with Gasteiger partial charge in [-0.2, -0.15) is 5.10 Å². The van der Waals surface area contributed by atoms with E-state index in [9.17, 15) is 14.9 Å². The second kappa shape index (κ2) is 10.6. The Morgan fingerprint density at radius 2 is 1.88 bits per heavy atom. The normalized spacial score (nSPS) is 12.1. The molecule has 0 bridgehead atoms. The van der Waals surface area contributed by atoms with Crippen LogP contribution in [0.2, 0.25) is 0 Å². The summed E-state index contributed by atoms with van der Waals surface area (Å²) in [6, 6.07) is 21.6. The maximum absolute atomic E-state index is 13.6. The van der Waals surface area contributed by atoms with Crippen molar-refractivity contribution in [3.63, 3.8) is 0 Å². The standard InChI is InChI=1S/C29H22BrN7O3S/c1-18-27(28(38)36(34(18)2)22-8-4-3-5-9-22)33-29-35(26(17-41-29)19-7-6-10-23(13-19)37(39)40)32-16-20-15-31-25-12-11-21(30)14-24(20)25/h3-17,31H,1-2H3. The second-order valence-corrected chi connectivity index (χ2v) is 11.0. The number of fused-ring (bicyclic) bond motifs is 1. The van der Waals surface area contributed by atoms with Gasteiger partial charge in [0.2, 0.25) is 4.80 Å². The van der Waals surface area contributed by atoms with Gasteiger partial charge in [-0.15, -0.1) is 11.3 Å². The maximum Gasteiger partial charge on any atom is 0.297 e. The van der Waals surface area contributed by atoms with Crippen molar-refractivity contribution in [1.29, 1.82) is 0 Å². The predicted molar refractivity (Wildman–Crippen MR) is 164 cm³/mol. The van der Waals surface area contributed by atoms with Crippen LogP contribution in [0, 0.1) is 17.0 Å². The average molecular weight is 629 g/mol. The molecule has 0 aliphatic heterocycles. The lowest BCUT2D eigenvalue weighted by Crippen LogP contribution is -2.19. The van der Waals surface area contributed by atoms with Crippen LogP contribution in [0.3, 0.4) is 0 Å². The van der Waals surface area contributed by atoms with Gasteiger partial charge in [0.25, 0.3) is 11.2 Å². The summed E-state index contributed by atoms with van der Waals surface area (Å²) in [5, 5.41) is 19.1. The smallest absolute Gasteiger partial charge is 0.297 e. The van der Waals surface area contributed by atoms with Crippen molar-refractivity contribution in [2.75, 3.05) is 0 Å². The third-order valence-corrected chi connectivity index (χ3v) is 8.07. The molecule has 6 rings (SSSR count). The van der Waals surface area contributed by atoms with Crippen LogP contribution in [0.25, 0.3) is 27.8 Å². The van der Waals surface area contributed by atoms with Gasteiger partial charge in [-0.3, -0.25) is 19.6 Å². The molecule has 0 radical (unpaired) electrons. The Labute approximate surface area is 245 Å². The molecule has 6 aromatic rings. The van der Waals surface area contributed by atoms with Gasteiger partial charge in [-0.25, -0.2) is 14.4 Å². The number of nitro groups is 1. The number of halogens is 1. The van der Waals surface area contributed by atoms with Crippen molar-refractivity contribution < 1.29 is 4.92 Å². The Bertz CT molecular complexity index is 2100. The largest absolute Gasteiger partial charge is 0.361 e. The molecule has 1 N–H and O–H groups in total. The van der Waals surface area contributed by atoms with Gasteiger partial charge in [-0.1, -0.05) is 46.3 Å². The number of benzene rings is 3. The van der Waals surface area contributed by atoms with Gasteiger partial charge in [-0.05, 0) is 37.3 Å². The summed E-state index contributed by atoms with van der Waals surface area (Å²) in [6.45, 7) is 1.84. The quantitative estimate of drug-likeness (QED) is 0.133. The fourth-order valence-electron chi connectivity index (χ4n) is 4.59. The zero-order chi connectivity index (χ0) is 28.7. The first-order valence-corrected chi connectivity index (χ1v) is 14.1. The van der Waals surface area contributed by atoms with E-state index < -0.39 is 4.92 Å². The molecule has 0 aliphatic rings. The first-order valence-electron chi connectivity index (χ1n) is 12.5. The summed E-state index contributed by atoms with van der Waals surface area (Å²) in [5.41, 5.74) is 4.39. The minimum Gasteiger partial charge on any atom is -0.361 e. The molecule has 0 atom stereocenters. The summed E-state index contributed by atoms with van der Waals surface area (Å²) in [7, 11) is 1.81. The van der Waals surface area contributed by atoms with Crippen LogP contribution >= 0.6 is 27.3 Å². The lowest BCUT2D eigenvalue weighted by atomic mass is 10.1. The number of rotatable bonds is 6. The first-order chi connectivity index (χ1) is 19.8. The van der Waals surface area contributed by atoms with Crippen molar-refractivity contribution in [3.05, 3.63) is 125 Å². The number of aromatic nitrogens is 4. The molecule has 204 valence electrons. The Morgan fingerprint density at radius 1 is 1.07 bits per heavy atom. The molecule has 0 saturated heterocycles. The molecule has 0 fully saturated rings. The third kappa shape index (κ3) is 4.87. The van der Waals surface area contributed by atoms with Gasteiger partial charge < -0.3 is 4.98 Å². The summed E-state index contributed by atoms with van der Waals surface area (Å²) in [6.07, 6.45) is 3.56. The molecule has 3 aromatic carbocycles. The summed E-state index contributed by atoms with van der Waals surface area (Å²) >= 11 is 4.81. The van der Waals surface area contributed by atoms with Crippen LogP contribution in [-0.2, 0) is 7.05 Å². The molecular formula is C29H22BrN7O3S. The number of hydrogen-bond acceptors (Lipinski definition) is 6. The molecule has 10 nitrogen and oxygen atoms in total. The van der Waals surface area contributed by atoms with Crippen molar-refractivity contribution in [2.45, 2.75) is 6.92 Å². The van der Waals surface area contributed by atoms with Crippen LogP contribution in [0.5, 0.6) is 0 Å². The maximum atomic E-state index is 13.6. The van der Waals surface area contributed by atoms with E-state index in [2.05, 4.69) is 20.9 Å². The van der Waals surface area contributed by atoms with Gasteiger partial charge in [0.05, 0.1) is 28.2 Å². The highest BCUT2D eigenvalue weighted by Crippen LogP contribution is 2.26. The van der Waals surface area contributed by atoms with Crippen LogP contribution in [0.4, 0.5) is 11.4 Å². The van der Waals surface area contributed by atoms with Crippen LogP contribution in [0.1, 0.15) is 11.3 Å². The van der Waals surface area contributed by atoms with Gasteiger partial charge in [0.15, 0.2) is 5.69 Å². The minimum absolute atomic E-state index is 0.0335. The SMILES string of the molecule is Cc1c(N=c2scc(-c3cccc([N+](=O)[O-])c3)n2N=Cc2c[nH]c3ccc(Br)cc23)c(=O)n(-c2ccccc2)n1C. The van der Waals surface area contributed by atoms with Crippen molar-refractivity contribution in [1.82, 2.24) is 19.0 Å². The number of nitrogens with one attached hydrogen (secondary N) is 1. The third-order valence-electron chi connectivity index (χ3n) is 6.76. The van der Waals surface area contributed by atoms with E-state index >= 15 is 0 Å². The number of thiazole rings is 1. The topological polar surface area (TPSA) is 116 Å². The Hall–Kier alpha value is -4.81. The highest BCUT2D eigenvalue weighted by Gasteiger charge is 2.17. The molecule has 0 spiro atoms. The molecule has 41 heavy (non-hydrogen) atoms. The number of nitrogens with zero attached hydrogens (tertiary/aromatic N) is 6. The predicted octanol–water partition coefficient (Wildman–Crippen LogP) is 6.28. The number of para-hydroxylation sites is 1. The molecule has 0 saturated carbocycles. The molecule has 0 amide bonds. The van der Waals surface area contributed by atoms with E-state index in [1.165, 1.54) is 23.5 Å². The Morgan fingerprint density at radius 3 is 2.66 bits per heavy atom. The number of H-pyrrole nitrogens is 1. The first kappa shape index (κ1) is 26.4. The number of aromatic amines is 1. The van der Waals surface area contributed by atoms with E-state index in [-0.39, 0.29) is 16.9 Å². The van der Waals surface area contributed by atoms with Crippen molar-refractivity contribution in [3.8, 4) is 16.9 Å². The zero-order valence-electron chi connectivity index (χ0n) is 21.9. The van der Waals surface area contributed by atoms with Gasteiger partial charge >= 0.3 is 0 Å². The van der Waals surface area contributed by atoms with Gasteiger partial charge in [0, 0.05) is 57.3 Å². The second-order valence-electron chi connectivity index (χ2n) is 9.22. The van der Waals surface area contributed by atoms with E-state index in [4.69, 9.17) is 10.1 Å². The highest BCUT2D eigenvalue weighted by molar-refractivity contribution is 9.10. The summed E-state index contributed by atoms with van der Waals surface area (Å²) < 4.78 is 5.88. The van der Waals surface area contributed by atoms with Gasteiger partial charge in [0.1, 0.15) is 0 Å². The van der Waals surface area contributed by atoms with E-state index in [0.717, 1.165) is 26.6 Å². The Kier molecular flexibility index (Phi) is 6.85. The molecule has 0 aliphatic carbocycles. The summed E-state index contributed by atoms with van der Waals surface area (Å²) in [5.74, 6) is 0. The number of hydrogen-bond donors (Lipinski definition) is 1. The molecular weight excluding hydrogens is 606 g/mol. The van der Waals surface area contributed by atoms with Crippen LogP contribution < -0.4 is 10.4 Å². The lowest BCUT2D eigenvalue weighted by molar-refractivity contribution is -0.384. The molecule has 3 heterocycles. The van der Waals surface area contributed by atoms with E-state index in [1.807, 2.05) is 74.1 Å². The van der Waals surface area contributed by atoms with E-state index in [0.29, 0.717) is 21.8 Å². The average Bonchev–Trinajstić information content (AvgIpc) is 3.63. The van der Waals surface area contributed by atoms with E-state index in [1.54, 1.807) is 32.4 Å². The molecule has 12 heteroatoms. The molecule has 3 aromatic heterocycles. The monoisotopic (exact) mass is 627 g/mol. The Balaban J connectivity index is 1.55. The lowest BCUT2D eigenvalue weighted by Gasteiger charge is -2.07. The number of nitro benzene ring substituents is 1. The van der Waals surface area contributed by atoms with Crippen LogP contribution in [-0.4, -0.2) is 30.2 Å².